The third-order valence-electron chi connectivity index (χ3n) is 2.15. The fraction of sp³-hybridized carbons (Fsp3) is 0.308. The van der Waals surface area contributed by atoms with E-state index in [0.29, 0.717) is 19.5 Å². The molecule has 1 rings (SSSR count). The van der Waals surface area contributed by atoms with Crippen LogP contribution in [0.1, 0.15) is 12.0 Å². The number of benzene rings is 1. The topological polar surface area (TPSA) is 29.1 Å². The van der Waals surface area contributed by atoms with E-state index >= 15 is 0 Å². The van der Waals surface area contributed by atoms with Crippen molar-refractivity contribution in [3.8, 4) is 0 Å². The van der Waals surface area contributed by atoms with Crippen molar-refractivity contribution in [1.82, 2.24) is 5.32 Å². The minimum Gasteiger partial charge on any atom is -0.307 e. The first-order chi connectivity index (χ1) is 7.33. The maximum absolute atomic E-state index is 11.4. The molecule has 1 aromatic rings. The molecule has 0 saturated heterocycles. The minimum absolute atomic E-state index is 0.251. The van der Waals surface area contributed by atoms with Gasteiger partial charge in [-0.25, -0.2) is 0 Å². The molecule has 15 heavy (non-hydrogen) atoms. The van der Waals surface area contributed by atoms with Gasteiger partial charge in [-0.05, 0) is 12.0 Å². The maximum atomic E-state index is 11.4. The van der Waals surface area contributed by atoms with E-state index in [9.17, 15) is 4.79 Å². The zero-order chi connectivity index (χ0) is 10.9. The third kappa shape index (κ3) is 5.13. The van der Waals surface area contributed by atoms with Gasteiger partial charge in [0.25, 0.3) is 0 Å². The monoisotopic (exact) mass is 203 g/mol. The zero-order valence-electron chi connectivity index (χ0n) is 8.91. The van der Waals surface area contributed by atoms with Gasteiger partial charge in [-0.2, -0.15) is 0 Å². The SMILES string of the molecule is C=CCNCC(=O)CCc1ccccc1. The molecule has 0 amide bonds. The lowest BCUT2D eigenvalue weighted by Crippen LogP contribution is -2.23. The highest BCUT2D eigenvalue weighted by Crippen LogP contribution is 2.02. The van der Waals surface area contributed by atoms with Crippen molar-refractivity contribution in [1.29, 1.82) is 0 Å². The predicted octanol–water partition coefficient (Wildman–Crippen LogP) is 1.96. The highest BCUT2D eigenvalue weighted by molar-refractivity contribution is 5.80. The molecule has 0 aliphatic carbocycles. The van der Waals surface area contributed by atoms with Crippen LogP contribution in [0.3, 0.4) is 0 Å². The van der Waals surface area contributed by atoms with E-state index in [1.165, 1.54) is 5.56 Å². The maximum Gasteiger partial charge on any atom is 0.146 e. The Labute approximate surface area is 91.0 Å². The normalized spacial score (nSPS) is 9.87. The van der Waals surface area contributed by atoms with Crippen LogP contribution in [0.15, 0.2) is 43.0 Å². The van der Waals surface area contributed by atoms with E-state index in [2.05, 4.69) is 11.9 Å². The molecular formula is C13H17NO. The Morgan fingerprint density at radius 2 is 2.07 bits per heavy atom. The fourth-order valence-corrected chi connectivity index (χ4v) is 1.33. The van der Waals surface area contributed by atoms with Gasteiger partial charge in [0.1, 0.15) is 5.78 Å². The van der Waals surface area contributed by atoms with Gasteiger partial charge in [0.05, 0.1) is 6.54 Å². The molecule has 1 aromatic carbocycles. The number of carbonyl (C=O) groups excluding carboxylic acids is 1. The summed E-state index contributed by atoms with van der Waals surface area (Å²) in [6.07, 6.45) is 3.19. The van der Waals surface area contributed by atoms with Crippen molar-refractivity contribution in [3.05, 3.63) is 48.6 Å². The van der Waals surface area contributed by atoms with Crippen LogP contribution in [0.2, 0.25) is 0 Å². The van der Waals surface area contributed by atoms with Gasteiger partial charge in [0, 0.05) is 13.0 Å². The zero-order valence-corrected chi connectivity index (χ0v) is 8.91. The van der Waals surface area contributed by atoms with Crippen LogP contribution >= 0.6 is 0 Å². The third-order valence-corrected chi connectivity index (χ3v) is 2.15. The quantitative estimate of drug-likeness (QED) is 0.542. The summed E-state index contributed by atoms with van der Waals surface area (Å²) >= 11 is 0. The lowest BCUT2D eigenvalue weighted by atomic mass is 10.1. The van der Waals surface area contributed by atoms with E-state index in [-0.39, 0.29) is 5.78 Å². The average molecular weight is 203 g/mol. The molecule has 1 N–H and O–H groups in total. The summed E-state index contributed by atoms with van der Waals surface area (Å²) in [6, 6.07) is 10.1. The van der Waals surface area contributed by atoms with E-state index < -0.39 is 0 Å². The summed E-state index contributed by atoms with van der Waals surface area (Å²) in [5.74, 6) is 0.251. The van der Waals surface area contributed by atoms with Gasteiger partial charge >= 0.3 is 0 Å². The van der Waals surface area contributed by atoms with Gasteiger partial charge in [-0.15, -0.1) is 6.58 Å². The first kappa shape index (κ1) is 11.7. The molecule has 80 valence electrons. The summed E-state index contributed by atoms with van der Waals surface area (Å²) in [6.45, 7) is 4.71. The Bertz CT molecular complexity index is 306. The van der Waals surface area contributed by atoms with E-state index in [4.69, 9.17) is 0 Å². The molecule has 0 fully saturated rings. The second kappa shape index (κ2) is 6.96. The fourth-order valence-electron chi connectivity index (χ4n) is 1.33. The van der Waals surface area contributed by atoms with Crippen molar-refractivity contribution in [3.63, 3.8) is 0 Å². The Balaban J connectivity index is 2.20. The Hall–Kier alpha value is -1.41. The van der Waals surface area contributed by atoms with Crippen LogP contribution in [-0.2, 0) is 11.2 Å². The second-order valence-corrected chi connectivity index (χ2v) is 3.44. The highest BCUT2D eigenvalue weighted by Gasteiger charge is 2.00. The second-order valence-electron chi connectivity index (χ2n) is 3.44. The molecule has 0 atom stereocenters. The van der Waals surface area contributed by atoms with Gasteiger partial charge in [-0.1, -0.05) is 36.4 Å². The first-order valence-corrected chi connectivity index (χ1v) is 5.20. The van der Waals surface area contributed by atoms with Crippen LogP contribution in [0, 0.1) is 0 Å². The molecule has 0 spiro atoms. The van der Waals surface area contributed by atoms with Gasteiger partial charge < -0.3 is 5.32 Å². The van der Waals surface area contributed by atoms with Gasteiger partial charge in [0.15, 0.2) is 0 Å². The molecule has 0 saturated carbocycles. The molecule has 2 heteroatoms. The number of nitrogens with one attached hydrogen (secondary N) is 1. The van der Waals surface area contributed by atoms with Crippen LogP contribution < -0.4 is 5.32 Å². The Morgan fingerprint density at radius 3 is 2.73 bits per heavy atom. The van der Waals surface area contributed by atoms with E-state index in [1.54, 1.807) is 6.08 Å². The largest absolute Gasteiger partial charge is 0.307 e. The molecule has 0 aliphatic heterocycles. The number of Topliss-reactive ketones (excluding diaryl/α,β-unsaturated/α-hetero) is 1. The molecule has 2 nitrogen and oxygen atoms in total. The number of carbonyl (C=O) groups is 1. The number of ketones is 1. The van der Waals surface area contributed by atoms with E-state index in [1.807, 2.05) is 30.3 Å². The van der Waals surface area contributed by atoms with Crippen molar-refractivity contribution in [2.75, 3.05) is 13.1 Å². The lowest BCUT2D eigenvalue weighted by molar-refractivity contribution is -0.118. The van der Waals surface area contributed by atoms with Crippen LogP contribution in [-0.4, -0.2) is 18.9 Å². The molecule has 0 bridgehead atoms. The van der Waals surface area contributed by atoms with Crippen LogP contribution in [0.5, 0.6) is 0 Å². The molecule has 0 radical (unpaired) electrons. The number of hydrogen-bond acceptors (Lipinski definition) is 2. The van der Waals surface area contributed by atoms with Crippen LogP contribution in [0.25, 0.3) is 0 Å². The minimum atomic E-state index is 0.251. The number of aryl methyl sites for hydroxylation is 1. The number of rotatable bonds is 7. The number of hydrogen-bond donors (Lipinski definition) is 1. The predicted molar refractivity (Wildman–Crippen MR) is 62.8 cm³/mol. The van der Waals surface area contributed by atoms with Crippen molar-refractivity contribution in [2.24, 2.45) is 0 Å². The molecule has 0 unspecified atom stereocenters. The highest BCUT2D eigenvalue weighted by atomic mass is 16.1. The molecule has 0 aromatic heterocycles. The molecule has 0 aliphatic rings. The summed E-state index contributed by atoms with van der Waals surface area (Å²) < 4.78 is 0. The van der Waals surface area contributed by atoms with E-state index in [0.717, 1.165) is 6.42 Å². The summed E-state index contributed by atoms with van der Waals surface area (Å²) in [5.41, 5.74) is 1.22. The smallest absolute Gasteiger partial charge is 0.146 e. The van der Waals surface area contributed by atoms with Gasteiger partial charge in [-0.3, -0.25) is 4.79 Å². The standard InChI is InChI=1S/C13H17NO/c1-2-10-14-11-13(15)9-8-12-6-4-3-5-7-12/h2-7,14H,1,8-11H2. The van der Waals surface area contributed by atoms with Crippen molar-refractivity contribution >= 4 is 5.78 Å². The van der Waals surface area contributed by atoms with Gasteiger partial charge in [0.2, 0.25) is 0 Å². The lowest BCUT2D eigenvalue weighted by Gasteiger charge is -2.01. The molecule has 0 heterocycles. The van der Waals surface area contributed by atoms with Crippen molar-refractivity contribution < 1.29 is 4.79 Å². The summed E-state index contributed by atoms with van der Waals surface area (Å²) in [7, 11) is 0. The molecular weight excluding hydrogens is 186 g/mol. The summed E-state index contributed by atoms with van der Waals surface area (Å²) in [4.78, 5) is 11.4. The first-order valence-electron chi connectivity index (χ1n) is 5.20. The van der Waals surface area contributed by atoms with Crippen LogP contribution in [0.4, 0.5) is 0 Å². The van der Waals surface area contributed by atoms with Crippen molar-refractivity contribution in [2.45, 2.75) is 12.8 Å². The Kier molecular flexibility index (Phi) is 5.41. The summed E-state index contributed by atoms with van der Waals surface area (Å²) in [5, 5.41) is 3.00. The Morgan fingerprint density at radius 1 is 1.33 bits per heavy atom. The average Bonchev–Trinajstić information content (AvgIpc) is 2.28.